The Bertz CT molecular complexity index is 2450. The van der Waals surface area contributed by atoms with Crippen molar-refractivity contribution in [2.45, 2.75) is 49.0 Å². The lowest BCUT2D eigenvalue weighted by Crippen LogP contribution is -2.54. The molecule has 0 aliphatic carbocycles. The van der Waals surface area contributed by atoms with E-state index in [-0.39, 0.29) is 37.5 Å². The molecule has 3 aliphatic rings. The Morgan fingerprint density at radius 2 is 1.47 bits per heavy atom. The van der Waals surface area contributed by atoms with Crippen molar-refractivity contribution < 1.29 is 44.0 Å². The lowest BCUT2D eigenvalue weighted by molar-refractivity contribution is -0.179. The number of hydrogen-bond acceptors (Lipinski definition) is 9. The molecule has 0 radical (unpaired) electrons. The van der Waals surface area contributed by atoms with E-state index in [2.05, 4.69) is 17.2 Å². The highest BCUT2D eigenvalue weighted by atomic mass is 16.6. The summed E-state index contributed by atoms with van der Waals surface area (Å²) in [6.45, 7) is 1.41. The predicted molar refractivity (Wildman–Crippen MR) is 221 cm³/mol. The van der Waals surface area contributed by atoms with Crippen molar-refractivity contribution in [1.29, 1.82) is 0 Å². The first-order valence-electron chi connectivity index (χ1n) is 19.8. The van der Waals surface area contributed by atoms with Gasteiger partial charge in [0.1, 0.15) is 35.8 Å². The van der Waals surface area contributed by atoms with Crippen LogP contribution in [-0.2, 0) is 24.5 Å². The number of aliphatic hydroxyl groups excluding tert-OH is 2. The number of morpholine rings is 1. The van der Waals surface area contributed by atoms with E-state index < -0.39 is 65.5 Å². The maximum absolute atomic E-state index is 16.0. The SMILES string of the molecule is C[C@@H](NC(=O)N1C(=O)[C@@]2(c3cc(C#CCCO)ccc31)[C@H](C(=O)O)[C@H]1C(=O)O[C@H](c3ccccc3)[C@H](c3ccccc3)N1[C@@H]2c1ccc(OCCO)cc1)c1ccccc1. The number of cyclic esters (lactones) is 1. The second kappa shape index (κ2) is 16.8. The second-order valence-corrected chi connectivity index (χ2v) is 15.0. The largest absolute Gasteiger partial charge is 0.491 e. The quantitative estimate of drug-likeness (QED) is 0.0970. The number of nitrogens with one attached hydrogen (secondary N) is 1. The van der Waals surface area contributed by atoms with Crippen LogP contribution in [0, 0.1) is 17.8 Å². The van der Waals surface area contributed by atoms with Crippen LogP contribution in [0.3, 0.4) is 0 Å². The molecule has 12 heteroatoms. The first-order chi connectivity index (χ1) is 29.2. The number of imide groups is 1. The fraction of sp³-hybridized carbons (Fsp3) is 0.250. The molecule has 5 aromatic rings. The lowest BCUT2D eigenvalue weighted by Gasteiger charge is -2.46. The topological polar surface area (TPSA) is 166 Å². The molecule has 1 spiro atoms. The summed E-state index contributed by atoms with van der Waals surface area (Å²) in [6.07, 6.45) is -0.770. The molecule has 0 saturated carbocycles. The zero-order valence-electron chi connectivity index (χ0n) is 32.7. The Kier molecular flexibility index (Phi) is 11.2. The van der Waals surface area contributed by atoms with Crippen LogP contribution in [0.15, 0.2) is 133 Å². The molecule has 3 aliphatic heterocycles. The molecule has 2 saturated heterocycles. The van der Waals surface area contributed by atoms with Crippen LogP contribution in [0.4, 0.5) is 10.5 Å². The fourth-order valence-corrected chi connectivity index (χ4v) is 9.17. The molecule has 2 fully saturated rings. The summed E-state index contributed by atoms with van der Waals surface area (Å²) in [5.74, 6) is 1.47. The number of ether oxygens (including phenoxy) is 2. The number of rotatable bonds is 10. The fourth-order valence-electron chi connectivity index (χ4n) is 9.17. The third kappa shape index (κ3) is 6.86. The normalized spacial score (nSPS) is 23.5. The summed E-state index contributed by atoms with van der Waals surface area (Å²) in [5, 5.41) is 33.5. The van der Waals surface area contributed by atoms with Gasteiger partial charge in [0.2, 0.25) is 5.91 Å². The third-order valence-corrected chi connectivity index (χ3v) is 11.6. The van der Waals surface area contributed by atoms with Crippen LogP contribution >= 0.6 is 0 Å². The Labute approximate surface area is 347 Å². The highest BCUT2D eigenvalue weighted by Crippen LogP contribution is 2.66. The van der Waals surface area contributed by atoms with Crippen molar-refractivity contribution in [3.8, 4) is 17.6 Å². The molecule has 3 amide bonds. The Balaban J connectivity index is 1.41. The van der Waals surface area contributed by atoms with Crippen molar-refractivity contribution in [3.05, 3.63) is 167 Å². The van der Waals surface area contributed by atoms with Crippen molar-refractivity contribution in [1.82, 2.24) is 10.2 Å². The Morgan fingerprint density at radius 3 is 2.10 bits per heavy atom. The number of carbonyl (C=O) groups is 4. The molecule has 8 rings (SSSR count). The maximum atomic E-state index is 16.0. The average molecular weight is 806 g/mol. The minimum absolute atomic E-state index is 0.0279. The zero-order chi connectivity index (χ0) is 42.0. The van der Waals surface area contributed by atoms with Gasteiger partial charge in [-0.1, -0.05) is 115 Å². The van der Waals surface area contributed by atoms with Gasteiger partial charge in [0, 0.05) is 12.0 Å². The summed E-state index contributed by atoms with van der Waals surface area (Å²) in [4.78, 5) is 62.4. The lowest BCUT2D eigenvalue weighted by atomic mass is 9.65. The van der Waals surface area contributed by atoms with E-state index in [1.165, 1.54) is 0 Å². The van der Waals surface area contributed by atoms with E-state index in [1.54, 1.807) is 54.3 Å². The number of carbonyl (C=O) groups excluding carboxylic acids is 3. The minimum Gasteiger partial charge on any atom is -0.491 e. The number of aliphatic hydroxyl groups is 2. The van der Waals surface area contributed by atoms with Gasteiger partial charge in [-0.05, 0) is 65.1 Å². The molecule has 0 unspecified atom stereocenters. The number of anilines is 1. The Hall–Kier alpha value is -6.78. The number of aliphatic carboxylic acids is 1. The monoisotopic (exact) mass is 805 g/mol. The minimum atomic E-state index is -2.13. The first kappa shape index (κ1) is 40.0. The van der Waals surface area contributed by atoms with Crippen LogP contribution in [0.1, 0.15) is 71.0 Å². The summed E-state index contributed by atoms with van der Waals surface area (Å²) in [5.41, 5.74) is 1.26. The Morgan fingerprint density at radius 1 is 0.817 bits per heavy atom. The van der Waals surface area contributed by atoms with E-state index in [4.69, 9.17) is 9.47 Å². The number of urea groups is 1. The van der Waals surface area contributed by atoms with E-state index in [9.17, 15) is 29.7 Å². The number of nitrogens with zero attached hydrogens (tertiary/aromatic N) is 2. The van der Waals surface area contributed by atoms with E-state index >= 15 is 4.79 Å². The third-order valence-electron chi connectivity index (χ3n) is 11.6. The van der Waals surface area contributed by atoms with E-state index in [1.807, 2.05) is 91.0 Å². The van der Waals surface area contributed by atoms with Gasteiger partial charge in [-0.2, -0.15) is 0 Å². The maximum Gasteiger partial charge on any atom is 0.329 e. The highest BCUT2D eigenvalue weighted by molar-refractivity contribution is 6.24. The van der Waals surface area contributed by atoms with Gasteiger partial charge in [-0.15, -0.1) is 0 Å². The second-order valence-electron chi connectivity index (χ2n) is 15.0. The van der Waals surface area contributed by atoms with Gasteiger partial charge >= 0.3 is 18.0 Å². The zero-order valence-corrected chi connectivity index (χ0v) is 32.7. The van der Waals surface area contributed by atoms with Crippen LogP contribution in [0.5, 0.6) is 5.75 Å². The standard InChI is InChI=1S/C48H43N3O9/c1-30(32-14-5-2-6-15-32)49-47(58)50-38-25-20-31(13-11-12-26-52)29-37(38)48(46(50)57)39(44(54)55)41-45(56)60-42(34-18-9-4-10-19-34)40(33-16-7-3-8-17-33)51(41)43(48)35-21-23-36(24-22-35)59-28-27-53/h2-10,14-25,29-30,39-43,52-53H,12,26-28H2,1H3,(H,49,58)(H,54,55)/t30-,39+,40+,41+,42-,43-,48+/m1/s1. The summed E-state index contributed by atoms with van der Waals surface area (Å²) < 4.78 is 12.0. The molecule has 12 nitrogen and oxygen atoms in total. The number of amides is 3. The van der Waals surface area contributed by atoms with E-state index in [0.717, 1.165) is 10.5 Å². The number of carboxylic acids is 1. The van der Waals surface area contributed by atoms with Crippen molar-refractivity contribution in [3.63, 3.8) is 0 Å². The van der Waals surface area contributed by atoms with Crippen molar-refractivity contribution in [2.75, 3.05) is 24.7 Å². The average Bonchev–Trinajstić information content (AvgIpc) is 3.73. The van der Waals surface area contributed by atoms with Gasteiger partial charge in [-0.3, -0.25) is 19.3 Å². The molecule has 7 atom stereocenters. The van der Waals surface area contributed by atoms with Gasteiger partial charge in [0.15, 0.2) is 0 Å². The molecule has 4 N–H and O–H groups in total. The summed E-state index contributed by atoms with van der Waals surface area (Å²) in [7, 11) is 0. The van der Waals surface area contributed by atoms with Gasteiger partial charge in [-0.25, -0.2) is 9.69 Å². The van der Waals surface area contributed by atoms with Crippen molar-refractivity contribution >= 4 is 29.6 Å². The molecule has 60 heavy (non-hydrogen) atoms. The number of benzene rings is 5. The molecule has 304 valence electrons. The molecular formula is C48H43N3O9. The number of carboxylic acid groups (broad SMARTS) is 1. The highest BCUT2D eigenvalue weighted by Gasteiger charge is 2.76. The van der Waals surface area contributed by atoms with Gasteiger partial charge < -0.3 is 30.1 Å². The molecule has 3 heterocycles. The van der Waals surface area contributed by atoms with Gasteiger partial charge in [0.05, 0.1) is 37.0 Å². The predicted octanol–water partition coefficient (Wildman–Crippen LogP) is 6.01. The smallest absolute Gasteiger partial charge is 0.329 e. The van der Waals surface area contributed by atoms with Crippen LogP contribution < -0.4 is 15.0 Å². The van der Waals surface area contributed by atoms with Crippen LogP contribution in [-0.4, -0.2) is 70.0 Å². The van der Waals surface area contributed by atoms with Crippen molar-refractivity contribution in [2.24, 2.45) is 5.92 Å². The van der Waals surface area contributed by atoms with E-state index in [0.29, 0.717) is 28.0 Å². The molecule has 5 aromatic carbocycles. The number of fused-ring (bicyclic) bond motifs is 3. The molecule has 0 aromatic heterocycles. The van der Waals surface area contributed by atoms with Crippen LogP contribution in [0.2, 0.25) is 0 Å². The summed E-state index contributed by atoms with van der Waals surface area (Å²) in [6, 6.07) is 34.5. The molecule has 0 bridgehead atoms. The number of hydrogen-bond donors (Lipinski definition) is 4. The first-order valence-corrected chi connectivity index (χ1v) is 19.8. The summed E-state index contributed by atoms with van der Waals surface area (Å²) >= 11 is 0. The van der Waals surface area contributed by atoms with Gasteiger partial charge in [0.25, 0.3) is 0 Å². The number of esters is 1. The van der Waals surface area contributed by atoms with Crippen LogP contribution in [0.25, 0.3) is 0 Å². The molecular weight excluding hydrogens is 763 g/mol.